The summed E-state index contributed by atoms with van der Waals surface area (Å²) in [5.74, 6) is 0.0865. The second-order valence-corrected chi connectivity index (χ2v) is 5.75. The number of halogens is 1. The maximum atomic E-state index is 10.5. The number of unbranched alkanes of at least 4 members (excludes halogenated alkanes) is 3. The van der Waals surface area contributed by atoms with Crippen LogP contribution in [0.1, 0.15) is 32.6 Å². The summed E-state index contributed by atoms with van der Waals surface area (Å²) in [4.78, 5) is 0. The Bertz CT molecular complexity index is 201. The molecule has 5 heteroatoms. The van der Waals surface area contributed by atoms with Crippen molar-refractivity contribution in [2.24, 2.45) is 0 Å². The van der Waals surface area contributed by atoms with E-state index in [1.165, 1.54) is 0 Å². The van der Waals surface area contributed by atoms with Gasteiger partial charge in [0.2, 0.25) is 9.05 Å². The summed E-state index contributed by atoms with van der Waals surface area (Å²) < 4.78 is 26.2. The van der Waals surface area contributed by atoms with E-state index in [0.29, 0.717) is 6.42 Å². The molecule has 0 bridgehead atoms. The molecule has 0 unspecified atom stereocenters. The van der Waals surface area contributed by atoms with E-state index in [4.69, 9.17) is 15.4 Å². The molecular weight excluding hydrogens is 212 g/mol. The van der Waals surface area contributed by atoms with E-state index < -0.39 is 9.05 Å². The molecule has 0 aliphatic heterocycles. The molecule has 0 fully saturated rings. The molecule has 0 amide bonds. The molecule has 0 aliphatic carbocycles. The molecule has 0 spiro atoms. The van der Waals surface area contributed by atoms with Gasteiger partial charge in [-0.1, -0.05) is 12.8 Å². The first-order valence-corrected chi connectivity index (χ1v) is 7.04. The van der Waals surface area contributed by atoms with Crippen molar-refractivity contribution in [2.75, 3.05) is 19.0 Å². The zero-order chi connectivity index (χ0) is 10.2. The molecule has 80 valence electrons. The van der Waals surface area contributed by atoms with Crippen molar-refractivity contribution in [2.45, 2.75) is 32.6 Å². The average molecular weight is 229 g/mol. The topological polar surface area (TPSA) is 43.4 Å². The van der Waals surface area contributed by atoms with Gasteiger partial charge in [-0.15, -0.1) is 0 Å². The summed E-state index contributed by atoms with van der Waals surface area (Å²) >= 11 is 0. The van der Waals surface area contributed by atoms with Gasteiger partial charge in [0.1, 0.15) is 0 Å². The highest BCUT2D eigenvalue weighted by atomic mass is 35.7. The van der Waals surface area contributed by atoms with E-state index in [9.17, 15) is 8.42 Å². The van der Waals surface area contributed by atoms with Crippen LogP contribution in [0.4, 0.5) is 0 Å². The Hall–Kier alpha value is 0.200. The van der Waals surface area contributed by atoms with Crippen LogP contribution < -0.4 is 0 Å². The highest BCUT2D eigenvalue weighted by molar-refractivity contribution is 8.13. The van der Waals surface area contributed by atoms with Gasteiger partial charge in [0, 0.05) is 23.9 Å². The summed E-state index contributed by atoms with van der Waals surface area (Å²) in [6.45, 7) is 3.47. The van der Waals surface area contributed by atoms with Crippen molar-refractivity contribution in [1.29, 1.82) is 0 Å². The number of hydrogen-bond donors (Lipinski definition) is 0. The maximum absolute atomic E-state index is 10.5. The van der Waals surface area contributed by atoms with Crippen molar-refractivity contribution in [3.8, 4) is 0 Å². The van der Waals surface area contributed by atoms with Gasteiger partial charge < -0.3 is 4.74 Å². The van der Waals surface area contributed by atoms with Crippen LogP contribution in [0.3, 0.4) is 0 Å². The third kappa shape index (κ3) is 12.2. The van der Waals surface area contributed by atoms with Gasteiger partial charge in [0.05, 0.1) is 5.75 Å². The Labute approximate surface area is 84.8 Å². The molecule has 0 aromatic carbocycles. The Balaban J connectivity index is 3.09. The van der Waals surface area contributed by atoms with Gasteiger partial charge in [-0.2, -0.15) is 0 Å². The minimum Gasteiger partial charge on any atom is -0.382 e. The lowest BCUT2D eigenvalue weighted by Crippen LogP contribution is -1.98. The fourth-order valence-corrected chi connectivity index (χ4v) is 1.85. The summed E-state index contributed by atoms with van der Waals surface area (Å²) in [5, 5.41) is 0. The van der Waals surface area contributed by atoms with Crippen molar-refractivity contribution in [3.05, 3.63) is 0 Å². The third-order valence-electron chi connectivity index (χ3n) is 1.63. The standard InChI is InChI=1S/C8H17ClO3S/c1-2-12-7-5-3-4-6-8-13(9,10)11/h2-8H2,1H3. The number of rotatable bonds is 8. The lowest BCUT2D eigenvalue weighted by atomic mass is 10.2. The number of hydrogen-bond acceptors (Lipinski definition) is 3. The second kappa shape index (κ2) is 7.59. The Morgan fingerprint density at radius 2 is 1.77 bits per heavy atom. The molecule has 3 nitrogen and oxygen atoms in total. The Morgan fingerprint density at radius 1 is 1.15 bits per heavy atom. The molecule has 0 aliphatic rings. The van der Waals surface area contributed by atoms with Gasteiger partial charge in [-0.25, -0.2) is 8.42 Å². The average Bonchev–Trinajstić information content (AvgIpc) is 2.01. The van der Waals surface area contributed by atoms with Gasteiger partial charge in [0.15, 0.2) is 0 Å². The lowest BCUT2D eigenvalue weighted by molar-refractivity contribution is 0.143. The Kier molecular flexibility index (Phi) is 7.71. The SMILES string of the molecule is CCOCCCCCCS(=O)(=O)Cl. The predicted molar refractivity (Wildman–Crippen MR) is 54.6 cm³/mol. The first-order chi connectivity index (χ1) is 6.06. The maximum Gasteiger partial charge on any atom is 0.232 e. The minimum atomic E-state index is -3.28. The molecule has 0 saturated heterocycles. The zero-order valence-electron chi connectivity index (χ0n) is 7.96. The molecule has 0 aromatic heterocycles. The van der Waals surface area contributed by atoms with Gasteiger partial charge >= 0.3 is 0 Å². The second-order valence-electron chi connectivity index (χ2n) is 2.85. The summed E-state index contributed by atoms with van der Waals surface area (Å²) in [6, 6.07) is 0. The third-order valence-corrected chi connectivity index (χ3v) is 2.87. The predicted octanol–water partition coefficient (Wildman–Crippen LogP) is 2.15. The highest BCUT2D eigenvalue weighted by Gasteiger charge is 2.03. The smallest absolute Gasteiger partial charge is 0.232 e. The zero-order valence-corrected chi connectivity index (χ0v) is 9.53. The van der Waals surface area contributed by atoms with Crippen molar-refractivity contribution < 1.29 is 13.2 Å². The van der Waals surface area contributed by atoms with Crippen LogP contribution in [0.15, 0.2) is 0 Å². The van der Waals surface area contributed by atoms with Crippen molar-refractivity contribution in [1.82, 2.24) is 0 Å². The monoisotopic (exact) mass is 228 g/mol. The Morgan fingerprint density at radius 3 is 2.31 bits per heavy atom. The summed E-state index contributed by atoms with van der Waals surface area (Å²) in [6.07, 6.45) is 3.56. The molecular formula is C8H17ClO3S. The van der Waals surface area contributed by atoms with Crippen LogP contribution in [-0.4, -0.2) is 27.4 Å². The number of ether oxygens (including phenoxy) is 1. The van der Waals surface area contributed by atoms with Crippen LogP contribution in [0.25, 0.3) is 0 Å². The fourth-order valence-electron chi connectivity index (χ4n) is 0.976. The normalized spacial score (nSPS) is 11.8. The lowest BCUT2D eigenvalue weighted by Gasteiger charge is -2.00. The molecule has 0 heterocycles. The van der Waals surface area contributed by atoms with E-state index in [1.54, 1.807) is 0 Å². The van der Waals surface area contributed by atoms with E-state index in [1.807, 2.05) is 6.92 Å². The summed E-state index contributed by atoms with van der Waals surface area (Å²) in [7, 11) is 1.76. The minimum absolute atomic E-state index is 0.0865. The molecule has 13 heavy (non-hydrogen) atoms. The molecule has 0 radical (unpaired) electrons. The highest BCUT2D eigenvalue weighted by Crippen LogP contribution is 2.05. The molecule has 0 atom stereocenters. The fraction of sp³-hybridized carbons (Fsp3) is 1.00. The first kappa shape index (κ1) is 13.2. The van der Waals surface area contributed by atoms with Crippen LogP contribution in [0.2, 0.25) is 0 Å². The molecule has 0 aromatic rings. The van der Waals surface area contributed by atoms with E-state index in [2.05, 4.69) is 0 Å². The molecule has 0 rings (SSSR count). The van der Waals surface area contributed by atoms with Crippen LogP contribution in [-0.2, 0) is 13.8 Å². The van der Waals surface area contributed by atoms with Gasteiger partial charge in [-0.05, 0) is 19.8 Å². The molecule has 0 N–H and O–H groups in total. The van der Waals surface area contributed by atoms with Crippen LogP contribution in [0.5, 0.6) is 0 Å². The van der Waals surface area contributed by atoms with E-state index >= 15 is 0 Å². The summed E-state index contributed by atoms with van der Waals surface area (Å²) in [5.41, 5.74) is 0. The van der Waals surface area contributed by atoms with Crippen LogP contribution >= 0.6 is 10.7 Å². The quantitative estimate of drug-likeness (QED) is 0.472. The molecule has 0 saturated carbocycles. The first-order valence-electron chi connectivity index (χ1n) is 4.56. The van der Waals surface area contributed by atoms with E-state index in [0.717, 1.165) is 32.5 Å². The van der Waals surface area contributed by atoms with Gasteiger partial charge in [0.25, 0.3) is 0 Å². The van der Waals surface area contributed by atoms with Crippen molar-refractivity contribution in [3.63, 3.8) is 0 Å². The van der Waals surface area contributed by atoms with E-state index in [-0.39, 0.29) is 5.75 Å². The largest absolute Gasteiger partial charge is 0.382 e. The van der Waals surface area contributed by atoms with Gasteiger partial charge in [-0.3, -0.25) is 0 Å². The van der Waals surface area contributed by atoms with Crippen molar-refractivity contribution >= 4 is 19.7 Å². The van der Waals surface area contributed by atoms with Crippen LogP contribution in [0, 0.1) is 0 Å².